The predicted molar refractivity (Wildman–Crippen MR) is 78.2 cm³/mol. The molecule has 2 aromatic carbocycles. The van der Waals surface area contributed by atoms with E-state index in [1.807, 2.05) is 18.2 Å². The molecule has 5 heteroatoms. The standard InChI is InChI=1S/C15H14BrFN2O/c16-13-3-1-2-12(14(13)17)15(19-18)9-4-5-10-7-20-8-11(10)6-9/h1-6,15,19H,7-8,18H2. The van der Waals surface area contributed by atoms with Crippen molar-refractivity contribution in [3.63, 3.8) is 0 Å². The Morgan fingerprint density at radius 3 is 2.80 bits per heavy atom. The molecule has 0 aliphatic carbocycles. The Kier molecular flexibility index (Phi) is 3.85. The summed E-state index contributed by atoms with van der Waals surface area (Å²) in [6.45, 7) is 1.24. The summed E-state index contributed by atoms with van der Waals surface area (Å²) in [5.74, 6) is 5.34. The van der Waals surface area contributed by atoms with E-state index in [0.717, 1.165) is 11.1 Å². The van der Waals surface area contributed by atoms with Gasteiger partial charge in [-0.2, -0.15) is 0 Å². The van der Waals surface area contributed by atoms with Crippen LogP contribution < -0.4 is 11.3 Å². The summed E-state index contributed by atoms with van der Waals surface area (Å²) in [5, 5.41) is 0. The summed E-state index contributed by atoms with van der Waals surface area (Å²) >= 11 is 3.20. The Balaban J connectivity index is 2.03. The zero-order valence-corrected chi connectivity index (χ0v) is 12.3. The average Bonchev–Trinajstić information content (AvgIpc) is 2.92. The molecule has 0 fully saturated rings. The molecule has 20 heavy (non-hydrogen) atoms. The minimum absolute atomic E-state index is 0.299. The van der Waals surface area contributed by atoms with Crippen LogP contribution in [0.5, 0.6) is 0 Å². The Bertz CT molecular complexity index is 648. The third-order valence-corrected chi connectivity index (χ3v) is 4.15. The molecule has 104 valence electrons. The summed E-state index contributed by atoms with van der Waals surface area (Å²) < 4.78 is 20.1. The highest BCUT2D eigenvalue weighted by atomic mass is 79.9. The highest BCUT2D eigenvalue weighted by Crippen LogP contribution is 2.30. The van der Waals surface area contributed by atoms with Crippen molar-refractivity contribution in [3.05, 3.63) is 68.9 Å². The maximum Gasteiger partial charge on any atom is 0.142 e. The lowest BCUT2D eigenvalue weighted by atomic mass is 9.96. The third kappa shape index (κ3) is 2.38. The lowest BCUT2D eigenvalue weighted by molar-refractivity contribution is 0.134. The Labute approximate surface area is 125 Å². The maximum absolute atomic E-state index is 14.2. The van der Waals surface area contributed by atoms with Crippen LogP contribution in [0.1, 0.15) is 28.3 Å². The highest BCUT2D eigenvalue weighted by Gasteiger charge is 2.20. The fraction of sp³-hybridized carbons (Fsp3) is 0.200. The Morgan fingerprint density at radius 2 is 2.00 bits per heavy atom. The van der Waals surface area contributed by atoms with E-state index in [1.165, 1.54) is 5.56 Å². The summed E-state index contributed by atoms with van der Waals surface area (Å²) in [4.78, 5) is 0. The lowest BCUT2D eigenvalue weighted by Gasteiger charge is -2.19. The van der Waals surface area contributed by atoms with Crippen molar-refractivity contribution in [2.75, 3.05) is 0 Å². The van der Waals surface area contributed by atoms with Gasteiger partial charge < -0.3 is 4.74 Å². The number of nitrogens with two attached hydrogens (primary N) is 1. The number of fused-ring (bicyclic) bond motifs is 1. The fourth-order valence-corrected chi connectivity index (χ4v) is 2.86. The van der Waals surface area contributed by atoms with Crippen LogP contribution in [0.15, 0.2) is 40.9 Å². The average molecular weight is 337 g/mol. The van der Waals surface area contributed by atoms with Gasteiger partial charge >= 0.3 is 0 Å². The van der Waals surface area contributed by atoms with Gasteiger partial charge in [0.25, 0.3) is 0 Å². The van der Waals surface area contributed by atoms with Crippen molar-refractivity contribution < 1.29 is 9.13 Å². The van der Waals surface area contributed by atoms with E-state index < -0.39 is 6.04 Å². The lowest BCUT2D eigenvalue weighted by Crippen LogP contribution is -2.29. The zero-order valence-electron chi connectivity index (χ0n) is 10.7. The number of ether oxygens (including phenoxy) is 1. The fourth-order valence-electron chi connectivity index (χ4n) is 2.48. The van der Waals surface area contributed by atoms with Crippen LogP contribution in [0.2, 0.25) is 0 Å². The normalized spacial score (nSPS) is 15.2. The number of hydrogen-bond donors (Lipinski definition) is 2. The molecule has 1 heterocycles. The maximum atomic E-state index is 14.2. The molecule has 0 spiro atoms. The van der Waals surface area contributed by atoms with E-state index in [9.17, 15) is 4.39 Å². The molecule has 0 saturated heterocycles. The summed E-state index contributed by atoms with van der Waals surface area (Å²) in [7, 11) is 0. The molecule has 3 nitrogen and oxygen atoms in total. The van der Waals surface area contributed by atoms with E-state index in [1.54, 1.807) is 18.2 Å². The van der Waals surface area contributed by atoms with E-state index in [0.29, 0.717) is 23.2 Å². The third-order valence-electron chi connectivity index (χ3n) is 3.54. The molecular formula is C15H14BrFN2O. The van der Waals surface area contributed by atoms with Crippen LogP contribution in [-0.2, 0) is 18.0 Å². The van der Waals surface area contributed by atoms with Crippen molar-refractivity contribution in [3.8, 4) is 0 Å². The molecule has 2 aromatic rings. The first-order chi connectivity index (χ1) is 9.70. The molecule has 0 radical (unpaired) electrons. The summed E-state index contributed by atoms with van der Waals surface area (Å²) in [6.07, 6.45) is 0. The van der Waals surface area contributed by atoms with Gasteiger partial charge in [0.1, 0.15) is 5.82 Å². The Hall–Kier alpha value is -1.27. The van der Waals surface area contributed by atoms with Gasteiger partial charge in [-0.25, -0.2) is 9.82 Å². The summed E-state index contributed by atoms with van der Waals surface area (Å²) in [5.41, 5.74) is 6.45. The molecule has 3 rings (SSSR count). The summed E-state index contributed by atoms with van der Waals surface area (Å²) in [6, 6.07) is 10.8. The van der Waals surface area contributed by atoms with Gasteiger partial charge in [-0.15, -0.1) is 0 Å². The first-order valence-corrected chi connectivity index (χ1v) is 7.09. The molecule has 3 N–H and O–H groups in total. The van der Waals surface area contributed by atoms with Gasteiger partial charge in [-0.1, -0.05) is 30.3 Å². The second-order valence-corrected chi connectivity index (χ2v) is 5.62. The quantitative estimate of drug-likeness (QED) is 0.668. The van der Waals surface area contributed by atoms with Gasteiger partial charge in [0.15, 0.2) is 0 Å². The van der Waals surface area contributed by atoms with Gasteiger partial charge in [0, 0.05) is 5.56 Å². The van der Waals surface area contributed by atoms with Crippen molar-refractivity contribution in [2.24, 2.45) is 5.84 Å². The molecule has 0 amide bonds. The van der Waals surface area contributed by atoms with E-state index in [-0.39, 0.29) is 5.82 Å². The molecule has 0 aromatic heterocycles. The zero-order chi connectivity index (χ0) is 14.1. The molecule has 1 unspecified atom stereocenters. The first kappa shape index (κ1) is 13.7. The van der Waals surface area contributed by atoms with Gasteiger partial charge in [0.2, 0.25) is 0 Å². The topological polar surface area (TPSA) is 47.3 Å². The van der Waals surface area contributed by atoms with Crippen molar-refractivity contribution in [2.45, 2.75) is 19.3 Å². The minimum atomic E-state index is -0.390. The first-order valence-electron chi connectivity index (χ1n) is 6.30. The van der Waals surface area contributed by atoms with Crippen LogP contribution in [0.25, 0.3) is 0 Å². The van der Waals surface area contributed by atoms with Crippen molar-refractivity contribution in [1.82, 2.24) is 5.43 Å². The number of halogens is 2. The van der Waals surface area contributed by atoms with Crippen molar-refractivity contribution in [1.29, 1.82) is 0 Å². The van der Waals surface area contributed by atoms with Gasteiger partial charge in [-0.3, -0.25) is 5.84 Å². The minimum Gasteiger partial charge on any atom is -0.372 e. The Morgan fingerprint density at radius 1 is 1.20 bits per heavy atom. The van der Waals surface area contributed by atoms with Gasteiger partial charge in [-0.05, 0) is 38.7 Å². The monoisotopic (exact) mass is 336 g/mol. The van der Waals surface area contributed by atoms with Crippen LogP contribution in [0.3, 0.4) is 0 Å². The van der Waals surface area contributed by atoms with Crippen LogP contribution in [0.4, 0.5) is 4.39 Å². The molecule has 1 aliphatic rings. The van der Waals surface area contributed by atoms with Crippen LogP contribution >= 0.6 is 15.9 Å². The number of hydrogen-bond acceptors (Lipinski definition) is 3. The largest absolute Gasteiger partial charge is 0.372 e. The second-order valence-electron chi connectivity index (χ2n) is 4.76. The van der Waals surface area contributed by atoms with E-state index in [4.69, 9.17) is 10.6 Å². The predicted octanol–water partition coefficient (Wildman–Crippen LogP) is 3.17. The molecule has 0 bridgehead atoms. The second kappa shape index (κ2) is 5.61. The smallest absolute Gasteiger partial charge is 0.142 e. The molecular weight excluding hydrogens is 323 g/mol. The highest BCUT2D eigenvalue weighted by molar-refractivity contribution is 9.10. The number of nitrogens with one attached hydrogen (secondary N) is 1. The van der Waals surface area contributed by atoms with Crippen molar-refractivity contribution >= 4 is 15.9 Å². The molecule has 0 saturated carbocycles. The van der Waals surface area contributed by atoms with E-state index in [2.05, 4.69) is 21.4 Å². The van der Waals surface area contributed by atoms with Gasteiger partial charge in [0.05, 0.1) is 23.7 Å². The van der Waals surface area contributed by atoms with Crippen LogP contribution in [0, 0.1) is 5.82 Å². The molecule has 1 aliphatic heterocycles. The van der Waals surface area contributed by atoms with Crippen LogP contribution in [-0.4, -0.2) is 0 Å². The molecule has 1 atom stereocenters. The van der Waals surface area contributed by atoms with E-state index >= 15 is 0 Å². The number of benzene rings is 2. The number of rotatable bonds is 3. The number of hydrazine groups is 1. The SMILES string of the molecule is NNC(c1ccc2c(c1)COC2)c1cccc(Br)c1F.